The summed E-state index contributed by atoms with van der Waals surface area (Å²) >= 11 is 0. The lowest BCUT2D eigenvalue weighted by Gasteiger charge is -2.31. The highest BCUT2D eigenvalue weighted by Crippen LogP contribution is 2.26. The van der Waals surface area contributed by atoms with Crippen LogP contribution in [0.3, 0.4) is 0 Å². The van der Waals surface area contributed by atoms with Crippen molar-refractivity contribution in [3.05, 3.63) is 0 Å². The van der Waals surface area contributed by atoms with Crippen LogP contribution in [0.1, 0.15) is 19.3 Å². The quantitative estimate of drug-likeness (QED) is 0.178. The summed E-state index contributed by atoms with van der Waals surface area (Å²) in [5, 5.41) is 4.14. The summed E-state index contributed by atoms with van der Waals surface area (Å²) in [6.45, 7) is 6.32. The Balaban J connectivity index is 0.000000172. The van der Waals surface area contributed by atoms with Gasteiger partial charge in [0.2, 0.25) is 6.41 Å². The van der Waals surface area contributed by atoms with E-state index in [2.05, 4.69) is 20.0 Å². The molecule has 4 heterocycles. The van der Waals surface area contributed by atoms with Gasteiger partial charge in [-0.05, 0) is 19.3 Å². The van der Waals surface area contributed by atoms with E-state index in [0.717, 1.165) is 50.8 Å². The van der Waals surface area contributed by atoms with Gasteiger partial charge in [-0.25, -0.2) is 10.3 Å². The maximum absolute atomic E-state index is 11.4. The predicted molar refractivity (Wildman–Crippen MR) is 102 cm³/mol. The molecule has 3 amide bonds. The number of carbonyl (C=O) groups excluding carboxylic acids is 2. The fourth-order valence-electron chi connectivity index (χ4n) is 4.14. The molecule has 0 spiro atoms. The van der Waals surface area contributed by atoms with Crippen molar-refractivity contribution in [2.75, 3.05) is 52.5 Å². The minimum Gasteiger partial charge on any atom is -0.379 e. The van der Waals surface area contributed by atoms with Gasteiger partial charge in [-0.15, -0.1) is 4.28 Å². The molecular formula is C16H29N5O8S. The van der Waals surface area contributed by atoms with E-state index in [-0.39, 0.29) is 6.04 Å². The van der Waals surface area contributed by atoms with Crippen LogP contribution in [-0.2, 0) is 29.1 Å². The second-order valence-corrected chi connectivity index (χ2v) is 8.55. The summed E-state index contributed by atoms with van der Waals surface area (Å²) in [5.74, 6) is 0. The van der Waals surface area contributed by atoms with E-state index in [1.165, 1.54) is 4.90 Å². The minimum atomic E-state index is -4.60. The smallest absolute Gasteiger partial charge is 0.379 e. The second kappa shape index (κ2) is 10.7. The molecule has 2 bridgehead atoms. The van der Waals surface area contributed by atoms with Gasteiger partial charge >= 0.3 is 16.4 Å². The molecule has 4 saturated heterocycles. The number of hydroxylamine groups is 3. The number of fused-ring (bicyclic) bond motifs is 2. The predicted octanol–water partition coefficient (Wildman–Crippen LogP) is -1.65. The fraction of sp³-hybridized carbons (Fsp3) is 0.875. The number of nitrogens with one attached hydrogen (secondary N) is 2. The zero-order valence-electron chi connectivity index (χ0n) is 16.6. The Morgan fingerprint density at radius 1 is 1.27 bits per heavy atom. The molecule has 4 fully saturated rings. The minimum absolute atomic E-state index is 0.266. The van der Waals surface area contributed by atoms with Crippen LogP contribution in [-0.4, -0.2) is 111 Å². The number of morpholine rings is 1. The summed E-state index contributed by atoms with van der Waals surface area (Å²) in [4.78, 5) is 30.4. The number of amides is 3. The average Bonchev–Trinajstić information content (AvgIpc) is 3.28. The van der Waals surface area contributed by atoms with Crippen molar-refractivity contribution in [1.29, 1.82) is 0 Å². The van der Waals surface area contributed by atoms with Gasteiger partial charge < -0.3 is 15.0 Å². The highest BCUT2D eigenvalue weighted by atomic mass is 32.3. The molecule has 0 aliphatic carbocycles. The van der Waals surface area contributed by atoms with E-state index in [4.69, 9.17) is 14.1 Å². The third-order valence-electron chi connectivity index (χ3n) is 5.54. The van der Waals surface area contributed by atoms with E-state index < -0.39 is 16.4 Å². The number of rotatable bonds is 7. The topological polar surface area (TPSA) is 150 Å². The number of hydrogen-bond acceptors (Lipinski definition) is 9. The lowest BCUT2D eigenvalue weighted by atomic mass is 10.1. The number of nitrogens with zero attached hydrogens (tertiary/aromatic N) is 3. The first kappa shape index (κ1) is 23.1. The van der Waals surface area contributed by atoms with Crippen LogP contribution < -0.4 is 10.8 Å². The second-order valence-electron chi connectivity index (χ2n) is 7.54. The zero-order valence-corrected chi connectivity index (χ0v) is 17.5. The number of ether oxygens (including phenoxy) is 1. The van der Waals surface area contributed by atoms with Crippen molar-refractivity contribution >= 4 is 22.8 Å². The molecule has 0 aromatic carbocycles. The average molecular weight is 452 g/mol. The molecule has 4 aliphatic heterocycles. The number of urea groups is 1. The standard InChI is InChI=1S/C10H19N3O3.C6H10N2O5S/c14-8-12-16-7-9-5-10(6-11-9)13-1-3-15-4-2-13;9-6-7-3-1-2-5(4-7)8(6)13-14(10,11)12/h8-11H,1-7H2,(H,12,14);5H,1-4H2,(H,10,11,12)/t9-,10?;/m1./s1. The van der Waals surface area contributed by atoms with Crippen LogP contribution in [0.4, 0.5) is 4.79 Å². The number of carbonyl (C=O) groups is 2. The molecule has 3 atom stereocenters. The van der Waals surface area contributed by atoms with Crippen LogP contribution in [0.2, 0.25) is 0 Å². The van der Waals surface area contributed by atoms with Crippen LogP contribution in [0.5, 0.6) is 0 Å². The molecular weight excluding hydrogens is 422 g/mol. The van der Waals surface area contributed by atoms with Gasteiger partial charge in [-0.3, -0.25) is 19.1 Å². The molecule has 3 N–H and O–H groups in total. The van der Waals surface area contributed by atoms with Crippen LogP contribution in [0.15, 0.2) is 0 Å². The van der Waals surface area contributed by atoms with E-state index in [0.29, 0.717) is 44.6 Å². The van der Waals surface area contributed by atoms with Crippen molar-refractivity contribution in [2.24, 2.45) is 0 Å². The van der Waals surface area contributed by atoms with Crippen molar-refractivity contribution in [3.63, 3.8) is 0 Å². The fourth-order valence-corrected chi connectivity index (χ4v) is 4.53. The monoisotopic (exact) mass is 451 g/mol. The molecule has 4 aliphatic rings. The molecule has 13 nitrogen and oxygen atoms in total. The first-order valence-electron chi connectivity index (χ1n) is 9.98. The maximum Gasteiger partial charge on any atom is 0.418 e. The van der Waals surface area contributed by atoms with Crippen molar-refractivity contribution in [1.82, 2.24) is 25.7 Å². The van der Waals surface area contributed by atoms with E-state index in [1.54, 1.807) is 0 Å². The Bertz CT molecular complexity index is 689. The third-order valence-corrected chi connectivity index (χ3v) is 5.89. The maximum atomic E-state index is 11.4. The summed E-state index contributed by atoms with van der Waals surface area (Å²) in [5.41, 5.74) is 2.22. The first-order chi connectivity index (χ1) is 14.4. The summed E-state index contributed by atoms with van der Waals surface area (Å²) in [6, 6.07) is 0.150. The molecule has 0 aromatic rings. The Kier molecular flexibility index (Phi) is 8.21. The SMILES string of the molecule is O=C1N2CCCC(C2)N1OS(=O)(=O)O.O=CNOC[C@H]1CC(N2CCOCC2)CN1. The van der Waals surface area contributed by atoms with Gasteiger partial charge in [0.25, 0.3) is 0 Å². The third kappa shape index (κ3) is 6.47. The van der Waals surface area contributed by atoms with E-state index >= 15 is 0 Å². The van der Waals surface area contributed by atoms with Gasteiger partial charge in [-0.2, -0.15) is 13.5 Å². The molecule has 30 heavy (non-hydrogen) atoms. The van der Waals surface area contributed by atoms with Gasteiger partial charge in [0.1, 0.15) is 0 Å². The normalized spacial score (nSPS) is 29.5. The molecule has 4 rings (SSSR count). The molecule has 2 unspecified atom stereocenters. The lowest BCUT2D eigenvalue weighted by molar-refractivity contribution is -0.121. The van der Waals surface area contributed by atoms with Gasteiger partial charge in [0, 0.05) is 44.8 Å². The van der Waals surface area contributed by atoms with Crippen molar-refractivity contribution in [3.8, 4) is 0 Å². The molecule has 0 aromatic heterocycles. The van der Waals surface area contributed by atoms with E-state index in [1.807, 2.05) is 0 Å². The molecule has 14 heteroatoms. The molecule has 0 saturated carbocycles. The van der Waals surface area contributed by atoms with Gasteiger partial charge in [-0.1, -0.05) is 0 Å². The van der Waals surface area contributed by atoms with Crippen LogP contribution >= 0.6 is 0 Å². The van der Waals surface area contributed by atoms with Gasteiger partial charge in [0.05, 0.1) is 25.9 Å². The lowest BCUT2D eigenvalue weighted by Crippen LogP contribution is -2.44. The Morgan fingerprint density at radius 2 is 2.03 bits per heavy atom. The number of hydrogen-bond donors (Lipinski definition) is 3. The van der Waals surface area contributed by atoms with Crippen LogP contribution in [0, 0.1) is 0 Å². The van der Waals surface area contributed by atoms with Crippen LogP contribution in [0.25, 0.3) is 0 Å². The van der Waals surface area contributed by atoms with Crippen molar-refractivity contribution < 1.29 is 36.4 Å². The highest BCUT2D eigenvalue weighted by molar-refractivity contribution is 7.80. The van der Waals surface area contributed by atoms with Gasteiger partial charge in [0.15, 0.2) is 0 Å². The Hall–Kier alpha value is -1.55. The highest BCUT2D eigenvalue weighted by Gasteiger charge is 2.43. The first-order valence-corrected chi connectivity index (χ1v) is 11.3. The summed E-state index contributed by atoms with van der Waals surface area (Å²) in [7, 11) is -4.60. The van der Waals surface area contributed by atoms with Crippen molar-refractivity contribution in [2.45, 2.75) is 37.4 Å². The molecule has 0 radical (unpaired) electrons. The summed E-state index contributed by atoms with van der Waals surface area (Å²) in [6.07, 6.45) is 3.13. The Morgan fingerprint density at radius 3 is 2.70 bits per heavy atom. The summed E-state index contributed by atoms with van der Waals surface area (Å²) < 4.78 is 38.9. The Labute approximate surface area is 175 Å². The zero-order chi connectivity index (χ0) is 21.6. The largest absolute Gasteiger partial charge is 0.418 e. The number of piperidine rings is 1. The molecule has 172 valence electrons. The van der Waals surface area contributed by atoms with E-state index in [9.17, 15) is 18.0 Å².